The third kappa shape index (κ3) is 3.18. The van der Waals surface area contributed by atoms with Crippen molar-refractivity contribution in [1.82, 2.24) is 9.55 Å². The maximum atomic E-state index is 12.1. The van der Waals surface area contributed by atoms with Crippen LogP contribution in [0.4, 0.5) is 5.69 Å². The van der Waals surface area contributed by atoms with E-state index in [1.54, 1.807) is 0 Å². The molecular formula is C20H19N3O3. The van der Waals surface area contributed by atoms with Crippen LogP contribution >= 0.6 is 0 Å². The van der Waals surface area contributed by atoms with Gasteiger partial charge in [-0.05, 0) is 42.7 Å². The average Bonchev–Trinajstić information content (AvgIpc) is 3.31. The van der Waals surface area contributed by atoms with Gasteiger partial charge in [0.15, 0.2) is 0 Å². The second-order valence-electron chi connectivity index (χ2n) is 6.87. The molecule has 0 aliphatic heterocycles. The van der Waals surface area contributed by atoms with Gasteiger partial charge in [-0.25, -0.2) is 4.98 Å². The molecule has 6 nitrogen and oxygen atoms in total. The molecule has 1 aromatic heterocycles. The zero-order valence-corrected chi connectivity index (χ0v) is 14.2. The number of carboxylic acid groups (broad SMARTS) is 1. The van der Waals surface area contributed by atoms with Gasteiger partial charge in [0.05, 0.1) is 22.8 Å². The number of aliphatic carboxylic acids is 1. The minimum absolute atomic E-state index is 0.0328. The lowest BCUT2D eigenvalue weighted by Crippen LogP contribution is -2.23. The van der Waals surface area contributed by atoms with Gasteiger partial charge in [0, 0.05) is 18.7 Å². The number of anilines is 1. The summed E-state index contributed by atoms with van der Waals surface area (Å²) < 4.78 is 2.08. The summed E-state index contributed by atoms with van der Waals surface area (Å²) >= 11 is 0. The van der Waals surface area contributed by atoms with Crippen molar-refractivity contribution < 1.29 is 14.7 Å². The number of rotatable bonds is 6. The molecule has 0 unspecified atom stereocenters. The van der Waals surface area contributed by atoms with Crippen molar-refractivity contribution in [2.24, 2.45) is 5.41 Å². The fourth-order valence-electron chi connectivity index (χ4n) is 3.16. The maximum Gasteiger partial charge on any atom is 0.310 e. The van der Waals surface area contributed by atoms with Crippen LogP contribution in [0.1, 0.15) is 24.8 Å². The van der Waals surface area contributed by atoms with Crippen LogP contribution in [0, 0.1) is 5.41 Å². The fraction of sp³-hybridized carbons (Fsp3) is 0.250. The first kappa shape index (κ1) is 16.3. The van der Waals surface area contributed by atoms with Gasteiger partial charge >= 0.3 is 5.97 Å². The van der Waals surface area contributed by atoms with E-state index in [1.165, 1.54) is 0 Å². The van der Waals surface area contributed by atoms with E-state index in [0.29, 0.717) is 25.1 Å². The Balaban J connectivity index is 1.40. The summed E-state index contributed by atoms with van der Waals surface area (Å²) in [6, 6.07) is 15.6. The van der Waals surface area contributed by atoms with Gasteiger partial charge < -0.3 is 15.0 Å². The Hall–Kier alpha value is -3.15. The highest BCUT2D eigenvalue weighted by Crippen LogP contribution is 2.49. The van der Waals surface area contributed by atoms with E-state index in [0.717, 1.165) is 16.6 Å². The molecular weight excluding hydrogens is 330 g/mol. The van der Waals surface area contributed by atoms with E-state index in [1.807, 2.05) is 54.9 Å². The molecule has 1 heterocycles. The van der Waals surface area contributed by atoms with Crippen LogP contribution in [0.3, 0.4) is 0 Å². The van der Waals surface area contributed by atoms with Crippen LogP contribution in [0.5, 0.6) is 0 Å². The van der Waals surface area contributed by atoms with Crippen LogP contribution in [0.2, 0.25) is 0 Å². The van der Waals surface area contributed by atoms with Crippen molar-refractivity contribution in [3.05, 3.63) is 60.4 Å². The number of hydrogen-bond donors (Lipinski definition) is 2. The highest BCUT2D eigenvalue weighted by molar-refractivity contribution is 5.95. The van der Waals surface area contributed by atoms with E-state index in [4.69, 9.17) is 5.11 Å². The number of nitrogens with zero attached hydrogens (tertiary/aromatic N) is 2. The maximum absolute atomic E-state index is 12.1. The Labute approximate surface area is 150 Å². The average molecular weight is 349 g/mol. The molecule has 0 spiro atoms. The number of aromatic nitrogens is 2. The number of benzene rings is 2. The lowest BCUT2D eigenvalue weighted by atomic mass is 10.0. The molecule has 4 rings (SSSR count). The summed E-state index contributed by atoms with van der Waals surface area (Å²) in [4.78, 5) is 27.6. The summed E-state index contributed by atoms with van der Waals surface area (Å²) in [5, 5.41) is 12.0. The van der Waals surface area contributed by atoms with Crippen LogP contribution < -0.4 is 5.32 Å². The molecule has 0 radical (unpaired) electrons. The molecule has 1 fully saturated rings. The Kier molecular flexibility index (Phi) is 3.95. The van der Waals surface area contributed by atoms with Crippen molar-refractivity contribution in [1.29, 1.82) is 0 Å². The third-order valence-corrected chi connectivity index (χ3v) is 4.92. The molecule has 132 valence electrons. The smallest absolute Gasteiger partial charge is 0.310 e. The Morgan fingerprint density at radius 1 is 1.12 bits per heavy atom. The second kappa shape index (κ2) is 6.29. The van der Waals surface area contributed by atoms with Gasteiger partial charge in [-0.2, -0.15) is 0 Å². The molecule has 0 saturated heterocycles. The number of fused-ring (bicyclic) bond motifs is 1. The molecule has 1 aliphatic carbocycles. The van der Waals surface area contributed by atoms with Crippen LogP contribution in [-0.4, -0.2) is 26.5 Å². The van der Waals surface area contributed by atoms with E-state index in [-0.39, 0.29) is 12.3 Å². The lowest BCUT2D eigenvalue weighted by molar-refractivity contribution is -0.145. The van der Waals surface area contributed by atoms with Crippen molar-refractivity contribution >= 4 is 28.6 Å². The van der Waals surface area contributed by atoms with Gasteiger partial charge in [-0.15, -0.1) is 0 Å². The molecule has 3 aromatic rings. The van der Waals surface area contributed by atoms with Crippen LogP contribution in [0.15, 0.2) is 54.9 Å². The standard InChI is InChI=1S/C20H19N3O3/c24-18(11-20(9-10-20)19(25)26)22-15-7-5-14(6-8-15)12-23-13-21-16-3-1-2-4-17(16)23/h1-8,13H,9-12H2,(H,22,24)(H,25,26). The summed E-state index contributed by atoms with van der Waals surface area (Å²) in [6.45, 7) is 0.691. The molecule has 1 amide bonds. The Bertz CT molecular complexity index is 971. The van der Waals surface area contributed by atoms with E-state index in [9.17, 15) is 9.59 Å². The fourth-order valence-corrected chi connectivity index (χ4v) is 3.16. The predicted molar refractivity (Wildman–Crippen MR) is 97.8 cm³/mol. The molecule has 0 atom stereocenters. The Morgan fingerprint density at radius 2 is 1.85 bits per heavy atom. The van der Waals surface area contributed by atoms with E-state index >= 15 is 0 Å². The van der Waals surface area contributed by atoms with Crippen molar-refractivity contribution in [2.75, 3.05) is 5.32 Å². The van der Waals surface area contributed by atoms with Crippen LogP contribution in [-0.2, 0) is 16.1 Å². The van der Waals surface area contributed by atoms with E-state index in [2.05, 4.69) is 14.9 Å². The molecule has 26 heavy (non-hydrogen) atoms. The number of carbonyl (C=O) groups excluding carboxylic acids is 1. The number of para-hydroxylation sites is 2. The van der Waals surface area contributed by atoms with Gasteiger partial charge in [0.1, 0.15) is 0 Å². The topological polar surface area (TPSA) is 84.2 Å². The third-order valence-electron chi connectivity index (χ3n) is 4.92. The first-order valence-electron chi connectivity index (χ1n) is 8.58. The minimum atomic E-state index is -0.879. The SMILES string of the molecule is O=C(CC1(C(=O)O)CC1)Nc1ccc(Cn2cnc3ccccc32)cc1. The van der Waals surface area contributed by atoms with Crippen molar-refractivity contribution in [2.45, 2.75) is 25.8 Å². The lowest BCUT2D eigenvalue weighted by Gasteiger charge is -2.11. The zero-order chi connectivity index (χ0) is 18.1. The molecule has 1 aliphatic rings. The van der Waals surface area contributed by atoms with Crippen LogP contribution in [0.25, 0.3) is 11.0 Å². The number of hydrogen-bond acceptors (Lipinski definition) is 3. The van der Waals surface area contributed by atoms with Crippen molar-refractivity contribution in [3.63, 3.8) is 0 Å². The highest BCUT2D eigenvalue weighted by atomic mass is 16.4. The number of amides is 1. The van der Waals surface area contributed by atoms with Gasteiger partial charge in [0.25, 0.3) is 0 Å². The first-order chi connectivity index (χ1) is 12.6. The van der Waals surface area contributed by atoms with E-state index < -0.39 is 11.4 Å². The van der Waals surface area contributed by atoms with Gasteiger partial charge in [-0.3, -0.25) is 9.59 Å². The zero-order valence-electron chi connectivity index (χ0n) is 14.2. The highest BCUT2D eigenvalue weighted by Gasteiger charge is 2.51. The second-order valence-corrected chi connectivity index (χ2v) is 6.87. The van der Waals surface area contributed by atoms with Gasteiger partial charge in [-0.1, -0.05) is 24.3 Å². The minimum Gasteiger partial charge on any atom is -0.481 e. The Morgan fingerprint density at radius 3 is 2.54 bits per heavy atom. The summed E-state index contributed by atoms with van der Waals surface area (Å²) in [7, 11) is 0. The summed E-state index contributed by atoms with van der Waals surface area (Å²) in [6.07, 6.45) is 3.01. The normalized spacial score (nSPS) is 14.9. The number of carbonyl (C=O) groups is 2. The molecule has 2 aromatic carbocycles. The summed E-state index contributed by atoms with van der Waals surface area (Å²) in [5.41, 5.74) is 2.97. The predicted octanol–water partition coefficient (Wildman–Crippen LogP) is 3.28. The monoisotopic (exact) mass is 349 g/mol. The molecule has 2 N–H and O–H groups in total. The molecule has 6 heteroatoms. The first-order valence-corrected chi connectivity index (χ1v) is 8.58. The number of nitrogens with one attached hydrogen (secondary N) is 1. The molecule has 1 saturated carbocycles. The summed E-state index contributed by atoms with van der Waals surface area (Å²) in [5.74, 6) is -1.13. The quantitative estimate of drug-likeness (QED) is 0.715. The molecule has 0 bridgehead atoms. The van der Waals surface area contributed by atoms with Crippen molar-refractivity contribution in [3.8, 4) is 0 Å². The largest absolute Gasteiger partial charge is 0.481 e. The number of carboxylic acids is 1. The number of imidazole rings is 1. The van der Waals surface area contributed by atoms with Gasteiger partial charge in [0.2, 0.25) is 5.91 Å².